The summed E-state index contributed by atoms with van der Waals surface area (Å²) in [7, 11) is 1.72. The molecule has 0 saturated carbocycles. The van der Waals surface area contributed by atoms with Gasteiger partial charge in [-0.2, -0.15) is 0 Å². The van der Waals surface area contributed by atoms with E-state index in [2.05, 4.69) is 58.1 Å². The third kappa shape index (κ3) is 4.87. The standard InChI is InChI=1S/C17H29NO/c1-13(2)12-18-10-9-17(4,5)16-8-7-15(19-6)11-14(16)3/h7-8,11,13,18H,9-10,12H2,1-6H3. The zero-order chi connectivity index (χ0) is 14.5. The van der Waals surface area contributed by atoms with Crippen LogP contribution in [-0.4, -0.2) is 20.2 Å². The van der Waals surface area contributed by atoms with Crippen molar-refractivity contribution in [2.45, 2.75) is 46.5 Å². The van der Waals surface area contributed by atoms with E-state index in [0.717, 1.165) is 25.3 Å². The Bertz CT molecular complexity index is 396. The van der Waals surface area contributed by atoms with Crippen LogP contribution in [0, 0.1) is 12.8 Å². The van der Waals surface area contributed by atoms with Gasteiger partial charge in [-0.15, -0.1) is 0 Å². The van der Waals surface area contributed by atoms with E-state index >= 15 is 0 Å². The number of rotatable bonds is 7. The summed E-state index contributed by atoms with van der Waals surface area (Å²) in [6.45, 7) is 13.4. The second-order valence-electron chi connectivity index (χ2n) is 6.41. The van der Waals surface area contributed by atoms with Gasteiger partial charge in [-0.3, -0.25) is 0 Å². The van der Waals surface area contributed by atoms with Crippen LogP contribution in [0.25, 0.3) is 0 Å². The van der Waals surface area contributed by atoms with Crippen LogP contribution >= 0.6 is 0 Å². The van der Waals surface area contributed by atoms with Gasteiger partial charge < -0.3 is 10.1 Å². The molecule has 2 heteroatoms. The van der Waals surface area contributed by atoms with Gasteiger partial charge in [0.1, 0.15) is 5.75 Å². The van der Waals surface area contributed by atoms with E-state index in [0.29, 0.717) is 5.92 Å². The number of ether oxygens (including phenoxy) is 1. The van der Waals surface area contributed by atoms with Crippen LogP contribution in [-0.2, 0) is 5.41 Å². The molecule has 0 spiro atoms. The van der Waals surface area contributed by atoms with Crippen molar-refractivity contribution in [3.05, 3.63) is 29.3 Å². The third-order valence-corrected chi connectivity index (χ3v) is 3.64. The molecule has 0 saturated heterocycles. The van der Waals surface area contributed by atoms with Crippen molar-refractivity contribution in [1.82, 2.24) is 5.32 Å². The van der Waals surface area contributed by atoms with Gasteiger partial charge in [0.05, 0.1) is 7.11 Å². The van der Waals surface area contributed by atoms with Crippen molar-refractivity contribution in [1.29, 1.82) is 0 Å². The van der Waals surface area contributed by atoms with E-state index in [4.69, 9.17) is 4.74 Å². The minimum absolute atomic E-state index is 0.195. The lowest BCUT2D eigenvalue weighted by atomic mass is 9.79. The maximum atomic E-state index is 5.28. The predicted octanol–water partition coefficient (Wildman–Crippen LogP) is 3.92. The largest absolute Gasteiger partial charge is 0.497 e. The molecule has 0 unspecified atom stereocenters. The van der Waals surface area contributed by atoms with Crippen LogP contribution in [0.3, 0.4) is 0 Å². The van der Waals surface area contributed by atoms with E-state index in [1.54, 1.807) is 7.11 Å². The molecule has 0 bridgehead atoms. The fourth-order valence-electron chi connectivity index (χ4n) is 2.45. The van der Waals surface area contributed by atoms with Gasteiger partial charge in [0.15, 0.2) is 0 Å². The van der Waals surface area contributed by atoms with Gasteiger partial charge in [-0.25, -0.2) is 0 Å². The van der Waals surface area contributed by atoms with E-state index in [-0.39, 0.29) is 5.41 Å². The molecule has 1 rings (SSSR count). The second-order valence-corrected chi connectivity index (χ2v) is 6.41. The highest BCUT2D eigenvalue weighted by Gasteiger charge is 2.22. The Morgan fingerprint density at radius 1 is 1.26 bits per heavy atom. The van der Waals surface area contributed by atoms with Crippen molar-refractivity contribution >= 4 is 0 Å². The quantitative estimate of drug-likeness (QED) is 0.753. The molecule has 2 nitrogen and oxygen atoms in total. The van der Waals surface area contributed by atoms with Crippen LogP contribution in [0.15, 0.2) is 18.2 Å². The maximum Gasteiger partial charge on any atom is 0.119 e. The summed E-state index contributed by atoms with van der Waals surface area (Å²) in [4.78, 5) is 0. The first-order valence-electron chi connectivity index (χ1n) is 7.22. The van der Waals surface area contributed by atoms with Gasteiger partial charge in [0, 0.05) is 0 Å². The molecule has 0 aliphatic heterocycles. The first-order chi connectivity index (χ1) is 8.86. The van der Waals surface area contributed by atoms with Crippen LogP contribution in [0.5, 0.6) is 5.75 Å². The molecule has 1 N–H and O–H groups in total. The SMILES string of the molecule is COc1ccc(C(C)(C)CCNCC(C)C)c(C)c1. The normalized spacial score (nSPS) is 11.9. The average molecular weight is 263 g/mol. The first kappa shape index (κ1) is 16.0. The summed E-state index contributed by atoms with van der Waals surface area (Å²) in [5.41, 5.74) is 2.92. The van der Waals surface area contributed by atoms with Crippen molar-refractivity contribution in [2.24, 2.45) is 5.92 Å². The molecule has 0 aromatic heterocycles. The Morgan fingerprint density at radius 2 is 1.95 bits per heavy atom. The molecule has 1 aromatic carbocycles. The highest BCUT2D eigenvalue weighted by atomic mass is 16.5. The van der Waals surface area contributed by atoms with E-state index in [1.807, 2.05) is 0 Å². The molecule has 0 aliphatic rings. The monoisotopic (exact) mass is 263 g/mol. The molecule has 0 atom stereocenters. The van der Waals surface area contributed by atoms with Gasteiger partial charge in [0.2, 0.25) is 0 Å². The zero-order valence-electron chi connectivity index (χ0n) is 13.3. The van der Waals surface area contributed by atoms with E-state index < -0.39 is 0 Å². The number of hydrogen-bond acceptors (Lipinski definition) is 2. The molecule has 0 fully saturated rings. The molecule has 0 radical (unpaired) electrons. The Kier molecular flexibility index (Phi) is 5.86. The number of aryl methyl sites for hydroxylation is 1. The smallest absolute Gasteiger partial charge is 0.119 e. The summed E-state index contributed by atoms with van der Waals surface area (Å²) >= 11 is 0. The summed E-state index contributed by atoms with van der Waals surface area (Å²) in [5.74, 6) is 1.65. The zero-order valence-corrected chi connectivity index (χ0v) is 13.3. The van der Waals surface area contributed by atoms with E-state index in [9.17, 15) is 0 Å². The number of hydrogen-bond donors (Lipinski definition) is 1. The van der Waals surface area contributed by atoms with Crippen LogP contribution < -0.4 is 10.1 Å². The average Bonchev–Trinajstić information content (AvgIpc) is 2.34. The van der Waals surface area contributed by atoms with Crippen molar-refractivity contribution in [3.8, 4) is 5.75 Å². The summed E-state index contributed by atoms with van der Waals surface area (Å²) in [6.07, 6.45) is 1.15. The van der Waals surface area contributed by atoms with Crippen molar-refractivity contribution < 1.29 is 4.74 Å². The van der Waals surface area contributed by atoms with Gasteiger partial charge in [0.25, 0.3) is 0 Å². The topological polar surface area (TPSA) is 21.3 Å². The molecule has 0 amide bonds. The van der Waals surface area contributed by atoms with Gasteiger partial charge in [-0.05, 0) is 61.0 Å². The van der Waals surface area contributed by atoms with Crippen molar-refractivity contribution in [2.75, 3.05) is 20.2 Å². The molecule has 0 aliphatic carbocycles. The fraction of sp³-hybridized carbons (Fsp3) is 0.647. The highest BCUT2D eigenvalue weighted by Crippen LogP contribution is 2.31. The van der Waals surface area contributed by atoms with Gasteiger partial charge in [-0.1, -0.05) is 33.8 Å². The van der Waals surface area contributed by atoms with Crippen LogP contribution in [0.1, 0.15) is 45.2 Å². The summed E-state index contributed by atoms with van der Waals surface area (Å²) < 4.78 is 5.28. The van der Waals surface area contributed by atoms with Crippen LogP contribution in [0.2, 0.25) is 0 Å². The lowest BCUT2D eigenvalue weighted by molar-refractivity contribution is 0.411. The van der Waals surface area contributed by atoms with E-state index in [1.165, 1.54) is 11.1 Å². The summed E-state index contributed by atoms with van der Waals surface area (Å²) in [6, 6.07) is 6.39. The number of methoxy groups -OCH3 is 1. The molecule has 108 valence electrons. The molecular weight excluding hydrogens is 234 g/mol. The van der Waals surface area contributed by atoms with Gasteiger partial charge >= 0.3 is 0 Å². The third-order valence-electron chi connectivity index (χ3n) is 3.64. The Balaban J connectivity index is 2.66. The Hall–Kier alpha value is -1.02. The second kappa shape index (κ2) is 6.95. The minimum atomic E-state index is 0.195. The molecule has 0 heterocycles. The number of benzene rings is 1. The fourth-order valence-corrected chi connectivity index (χ4v) is 2.45. The summed E-state index contributed by atoms with van der Waals surface area (Å²) in [5, 5.41) is 3.53. The maximum absolute atomic E-state index is 5.28. The Morgan fingerprint density at radius 3 is 2.47 bits per heavy atom. The molecule has 19 heavy (non-hydrogen) atoms. The Labute approximate surface area is 118 Å². The lowest BCUT2D eigenvalue weighted by Crippen LogP contribution is -2.28. The first-order valence-corrected chi connectivity index (χ1v) is 7.22. The minimum Gasteiger partial charge on any atom is -0.497 e. The lowest BCUT2D eigenvalue weighted by Gasteiger charge is -2.28. The molecule has 1 aromatic rings. The highest BCUT2D eigenvalue weighted by molar-refractivity contribution is 5.38. The van der Waals surface area contributed by atoms with Crippen LogP contribution in [0.4, 0.5) is 0 Å². The number of nitrogens with one attached hydrogen (secondary N) is 1. The predicted molar refractivity (Wildman–Crippen MR) is 83.1 cm³/mol. The molecular formula is C17H29NO. The van der Waals surface area contributed by atoms with Crippen molar-refractivity contribution in [3.63, 3.8) is 0 Å².